The molecule has 0 nitrogen and oxygen atoms in total. The van der Waals surface area contributed by atoms with Gasteiger partial charge in [0.1, 0.15) is 20.2 Å². The summed E-state index contributed by atoms with van der Waals surface area (Å²) in [6, 6.07) is 0. The molecule has 4 unspecified atom stereocenters. The summed E-state index contributed by atoms with van der Waals surface area (Å²) in [5.41, 5.74) is -3.59. The first-order valence-corrected chi connectivity index (χ1v) is 11.7. The van der Waals surface area contributed by atoms with E-state index >= 15 is 0 Å². The van der Waals surface area contributed by atoms with E-state index in [2.05, 4.69) is 0 Å². The Morgan fingerprint density at radius 1 is 0.680 bits per heavy atom. The lowest BCUT2D eigenvalue weighted by Crippen LogP contribution is -2.34. The van der Waals surface area contributed by atoms with Gasteiger partial charge in [0.25, 0.3) is 0 Å². The van der Waals surface area contributed by atoms with Crippen molar-refractivity contribution >= 4 is 58.8 Å². The fourth-order valence-electron chi connectivity index (χ4n) is 1.32. The van der Waals surface area contributed by atoms with Crippen LogP contribution in [0.3, 0.4) is 0 Å². The molecular weight excluding hydrogens is 456 g/mol. The van der Waals surface area contributed by atoms with Gasteiger partial charge in [-0.1, -0.05) is 23.5 Å². The van der Waals surface area contributed by atoms with Gasteiger partial charge >= 0.3 is 10.5 Å². The van der Waals surface area contributed by atoms with Crippen LogP contribution in [-0.2, 0) is 0 Å². The molecule has 0 aromatic rings. The lowest BCUT2D eigenvalue weighted by atomic mass is 10.8. The Bertz CT molecular complexity index is 326. The van der Waals surface area contributed by atoms with Crippen LogP contribution in [0.1, 0.15) is 13.8 Å². The molecule has 0 N–H and O–H groups in total. The molecule has 0 aromatic heterocycles. The number of hydrogen-bond acceptors (Lipinski definition) is 5. The smallest absolute Gasteiger partial charge is 0.250 e. The van der Waals surface area contributed by atoms with Crippen LogP contribution < -0.4 is 0 Å². The third-order valence-electron chi connectivity index (χ3n) is 2.16. The first-order chi connectivity index (χ1) is 11.5. The lowest BCUT2D eigenvalue weighted by Gasteiger charge is -2.32. The maximum atomic E-state index is 14.1. The van der Waals surface area contributed by atoms with Gasteiger partial charge in [0.15, 0.2) is 0 Å². The Labute approximate surface area is 163 Å². The molecule has 0 aromatic carbocycles. The van der Waals surface area contributed by atoms with Crippen LogP contribution in [0, 0.1) is 0 Å². The molecule has 0 heterocycles. The number of rotatable bonds is 14. The maximum absolute atomic E-state index is 14.1. The van der Waals surface area contributed by atoms with E-state index in [-0.39, 0.29) is 58.8 Å². The highest BCUT2D eigenvalue weighted by Gasteiger charge is 2.49. The highest BCUT2D eigenvalue weighted by molar-refractivity contribution is 8.25. The van der Waals surface area contributed by atoms with Crippen molar-refractivity contribution < 1.29 is 35.1 Å². The Morgan fingerprint density at radius 3 is 1.24 bits per heavy atom. The van der Waals surface area contributed by atoms with Gasteiger partial charge in [-0.2, -0.15) is 17.6 Å². The molecule has 0 aliphatic carbocycles. The number of hydrogen-bond donors (Lipinski definition) is 0. The van der Waals surface area contributed by atoms with Crippen molar-refractivity contribution in [2.24, 2.45) is 0 Å². The van der Waals surface area contributed by atoms with Gasteiger partial charge < -0.3 is 0 Å². The first kappa shape index (κ1) is 26.2. The molecule has 0 radical (unpaired) electrons. The Balaban J connectivity index is 5.36. The Morgan fingerprint density at radius 2 is 1.00 bits per heavy atom. The molecule has 0 aliphatic rings. The molecule has 0 spiro atoms. The van der Waals surface area contributed by atoms with Crippen LogP contribution in [-0.4, -0.2) is 55.5 Å². The van der Waals surface area contributed by atoms with Crippen molar-refractivity contribution in [3.8, 4) is 0 Å². The predicted molar refractivity (Wildman–Crippen MR) is 98.2 cm³/mol. The zero-order valence-electron chi connectivity index (χ0n) is 13.2. The topological polar surface area (TPSA) is 0 Å². The lowest BCUT2D eigenvalue weighted by molar-refractivity contribution is 0.118. The highest BCUT2D eigenvalue weighted by Crippen LogP contribution is 2.54. The molecule has 152 valence electrons. The van der Waals surface area contributed by atoms with Crippen molar-refractivity contribution in [1.82, 2.24) is 0 Å². The minimum atomic E-state index is -3.71. The molecule has 0 rings (SSSR count). The summed E-state index contributed by atoms with van der Waals surface area (Å²) >= 11 is -0.0000940. The zero-order chi connectivity index (χ0) is 19.7. The summed E-state index contributed by atoms with van der Waals surface area (Å²) in [6.07, 6.45) is 0. The molecule has 0 fully saturated rings. The van der Waals surface area contributed by atoms with Gasteiger partial charge in [0.2, 0.25) is 0 Å². The third kappa shape index (κ3) is 10.9. The zero-order valence-corrected chi connectivity index (χ0v) is 17.3. The molecular formula is C12H18F8S5. The quantitative estimate of drug-likeness (QED) is 0.195. The summed E-state index contributed by atoms with van der Waals surface area (Å²) in [4.78, 5) is 0. The molecule has 4 atom stereocenters. The second-order valence-corrected chi connectivity index (χ2v) is 11.4. The van der Waals surface area contributed by atoms with Crippen LogP contribution >= 0.6 is 58.8 Å². The van der Waals surface area contributed by atoms with Gasteiger partial charge in [-0.25, -0.2) is 8.78 Å². The normalized spacial score (nSPS) is 18.0. The van der Waals surface area contributed by atoms with E-state index in [1.54, 1.807) is 0 Å². The maximum Gasteiger partial charge on any atom is 0.314 e. The molecule has 0 bridgehead atoms. The average molecular weight is 475 g/mol. The second kappa shape index (κ2) is 12.6. The van der Waals surface area contributed by atoms with E-state index in [9.17, 15) is 35.1 Å². The van der Waals surface area contributed by atoms with Crippen LogP contribution in [0.5, 0.6) is 0 Å². The Hall–Kier alpha value is 1.19. The van der Waals surface area contributed by atoms with Gasteiger partial charge in [-0.3, -0.25) is 8.78 Å². The SMILES string of the molecule is CC(F)SC(SC(SC(C)F)C(F)(F)SCCF)C(F)(F)SCCF. The van der Waals surface area contributed by atoms with E-state index in [0.717, 1.165) is 13.8 Å². The average Bonchev–Trinajstić information content (AvgIpc) is 2.48. The van der Waals surface area contributed by atoms with Crippen molar-refractivity contribution in [2.45, 2.75) is 44.5 Å². The molecule has 0 amide bonds. The third-order valence-corrected chi connectivity index (χ3v) is 8.97. The second-order valence-electron chi connectivity index (χ2n) is 4.36. The van der Waals surface area contributed by atoms with E-state index in [1.165, 1.54) is 0 Å². The summed E-state index contributed by atoms with van der Waals surface area (Å²) in [6.45, 7) is -0.195. The predicted octanol–water partition coefficient (Wildman–Crippen LogP) is 7.06. The van der Waals surface area contributed by atoms with E-state index in [0.29, 0.717) is 0 Å². The molecule has 25 heavy (non-hydrogen) atoms. The number of halogens is 8. The van der Waals surface area contributed by atoms with Crippen LogP contribution in [0.15, 0.2) is 0 Å². The van der Waals surface area contributed by atoms with E-state index in [1.807, 2.05) is 0 Å². The summed E-state index contributed by atoms with van der Waals surface area (Å²) in [5.74, 6) is -1.18. The highest BCUT2D eigenvalue weighted by atomic mass is 32.2. The van der Waals surface area contributed by atoms with Crippen LogP contribution in [0.25, 0.3) is 0 Å². The number of alkyl halides is 8. The summed E-state index contributed by atoms with van der Waals surface area (Å²) < 4.78 is 103. The summed E-state index contributed by atoms with van der Waals surface area (Å²) in [5, 5.41) is -7.41. The van der Waals surface area contributed by atoms with Crippen molar-refractivity contribution in [3.63, 3.8) is 0 Å². The van der Waals surface area contributed by atoms with Gasteiger partial charge in [-0.05, 0) is 13.8 Å². The minimum Gasteiger partial charge on any atom is -0.250 e. The molecule has 0 saturated heterocycles. The fourth-order valence-corrected chi connectivity index (χ4v) is 7.62. The monoisotopic (exact) mass is 474 g/mol. The number of thioether (sulfide) groups is 5. The Kier molecular flexibility index (Phi) is 13.2. The first-order valence-electron chi connectivity index (χ1n) is 6.86. The van der Waals surface area contributed by atoms with Gasteiger partial charge in [-0.15, -0.1) is 35.3 Å². The van der Waals surface area contributed by atoms with Crippen LogP contribution in [0.2, 0.25) is 0 Å². The van der Waals surface area contributed by atoms with Crippen molar-refractivity contribution in [1.29, 1.82) is 0 Å². The summed E-state index contributed by atoms with van der Waals surface area (Å²) in [7, 11) is 0. The molecule has 13 heteroatoms. The van der Waals surface area contributed by atoms with Gasteiger partial charge in [0, 0.05) is 11.5 Å². The van der Waals surface area contributed by atoms with Crippen molar-refractivity contribution in [2.75, 3.05) is 24.9 Å². The molecule has 0 saturated carbocycles. The van der Waals surface area contributed by atoms with Gasteiger partial charge in [0.05, 0.1) is 13.3 Å². The molecule has 0 aliphatic heterocycles. The van der Waals surface area contributed by atoms with Crippen LogP contribution in [0.4, 0.5) is 35.1 Å². The minimum absolute atomic E-state index is 0.0206. The standard InChI is InChI=1S/C12H18F8S5/c1-7(15)23-9(11(17,18)21-5-3-13)25-10(24-8(2)16)12(19,20)22-6-4-14/h7-10H,3-6H2,1-2H3. The fraction of sp³-hybridized carbons (Fsp3) is 1.00. The van der Waals surface area contributed by atoms with E-state index < -0.39 is 55.5 Å². The van der Waals surface area contributed by atoms with E-state index in [4.69, 9.17) is 0 Å². The van der Waals surface area contributed by atoms with Crippen molar-refractivity contribution in [3.05, 3.63) is 0 Å². The largest absolute Gasteiger partial charge is 0.314 e.